The van der Waals surface area contributed by atoms with E-state index in [1.165, 1.54) is 11.3 Å². The number of aromatic carboxylic acids is 1. The van der Waals surface area contributed by atoms with E-state index in [0.29, 0.717) is 38.2 Å². The summed E-state index contributed by atoms with van der Waals surface area (Å²) in [7, 11) is -4.55. The van der Waals surface area contributed by atoms with Crippen LogP contribution in [0.5, 0.6) is 0 Å². The number of hydrogen-bond donors (Lipinski definition) is 1. The van der Waals surface area contributed by atoms with Crippen molar-refractivity contribution in [3.05, 3.63) is 109 Å². The van der Waals surface area contributed by atoms with E-state index in [1.807, 2.05) is 10.3 Å². The van der Waals surface area contributed by atoms with Gasteiger partial charge in [0.15, 0.2) is 5.13 Å². The third kappa shape index (κ3) is 7.43. The largest absolute Gasteiger partial charge is 0.478 e. The number of nitrogens with zero attached hydrogens (tertiary/aromatic N) is 2. The summed E-state index contributed by atoms with van der Waals surface area (Å²) in [4.78, 5) is 17.8. The Morgan fingerprint density at radius 2 is 1.72 bits per heavy atom. The van der Waals surface area contributed by atoms with Gasteiger partial charge in [0.05, 0.1) is 34.0 Å². The number of carboxylic acids is 1. The highest BCUT2D eigenvalue weighted by atomic mass is 79.9. The van der Waals surface area contributed by atoms with Gasteiger partial charge in [-0.25, -0.2) is 9.78 Å². The van der Waals surface area contributed by atoms with E-state index in [2.05, 4.69) is 25.4 Å². The summed E-state index contributed by atoms with van der Waals surface area (Å²) >= 11 is 17.2. The second-order valence-electron chi connectivity index (χ2n) is 8.32. The molecular weight excluding hydrogens is 660 g/mol. The number of thiazole rings is 1. The molecule has 0 fully saturated rings. The van der Waals surface area contributed by atoms with Gasteiger partial charge in [-0.05, 0) is 62.1 Å². The molecule has 4 rings (SSSR count). The van der Waals surface area contributed by atoms with Crippen molar-refractivity contribution in [1.82, 2.24) is 4.98 Å². The molecule has 7 nitrogen and oxygen atoms in total. The van der Waals surface area contributed by atoms with Crippen LogP contribution in [0.4, 0.5) is 19.9 Å². The molecule has 0 aliphatic heterocycles. The monoisotopic (exact) mass is 676 g/mol. The fourth-order valence-corrected chi connectivity index (χ4v) is 6.40. The van der Waals surface area contributed by atoms with Crippen molar-refractivity contribution < 1.29 is 33.0 Å². The third-order valence-corrected chi connectivity index (χ3v) is 9.14. The summed E-state index contributed by atoms with van der Waals surface area (Å²) in [6, 6.07) is 16.8. The zero-order chi connectivity index (χ0) is 28.2. The molecule has 0 aliphatic carbocycles. The van der Waals surface area contributed by atoms with Gasteiger partial charge in [0.2, 0.25) is 0 Å². The predicted octanol–water partition coefficient (Wildman–Crippen LogP) is 9.33. The second-order valence-corrected chi connectivity index (χ2v) is 12.6. The molecule has 0 saturated carbocycles. The van der Waals surface area contributed by atoms with E-state index in [9.17, 15) is 18.4 Å². The minimum Gasteiger partial charge on any atom is -0.478 e. The van der Waals surface area contributed by atoms with Crippen LogP contribution in [0.2, 0.25) is 10.0 Å². The lowest BCUT2D eigenvalue weighted by molar-refractivity contribution is -0.0881. The van der Waals surface area contributed by atoms with Crippen LogP contribution in [0.3, 0.4) is 0 Å². The molecule has 14 heteroatoms. The maximum absolute atomic E-state index is 12.5. The minimum absolute atomic E-state index is 0.206. The molecule has 1 aromatic heterocycles. The molecule has 3 aromatic carbocycles. The standard InChI is InChI=1S/C25H18BrCl2F2N2O5PS/c26-21-10-16(3-6-18(21)13-38(35,36-29)37-30)12-32(20-7-8-22(27)23(28)11-20)25-31-19(14-39-25)9-15-1-4-17(5-2-15)24(33)34/h1-8,10-11,14H,9,12-13H2,(H,33,34). The van der Waals surface area contributed by atoms with Crippen LogP contribution in [0.25, 0.3) is 0 Å². The van der Waals surface area contributed by atoms with Crippen LogP contribution < -0.4 is 4.90 Å². The van der Waals surface area contributed by atoms with Crippen molar-refractivity contribution in [1.29, 1.82) is 0 Å². The topological polar surface area (TPSA) is 89.0 Å². The lowest BCUT2D eigenvalue weighted by Crippen LogP contribution is -2.16. The zero-order valence-electron chi connectivity index (χ0n) is 19.7. The second kappa shape index (κ2) is 12.9. The first-order chi connectivity index (χ1) is 18.6. The Hall–Kier alpha value is -2.37. The van der Waals surface area contributed by atoms with Gasteiger partial charge in [-0.2, -0.15) is 0 Å². The van der Waals surface area contributed by atoms with Crippen LogP contribution >= 0.6 is 58.1 Å². The fourth-order valence-electron chi connectivity index (χ4n) is 3.67. The Labute approximate surface area is 244 Å². The molecule has 0 amide bonds. The van der Waals surface area contributed by atoms with Crippen molar-refractivity contribution in [2.45, 2.75) is 19.1 Å². The van der Waals surface area contributed by atoms with E-state index in [1.54, 1.807) is 60.7 Å². The molecule has 0 radical (unpaired) electrons. The van der Waals surface area contributed by atoms with Gasteiger partial charge in [-0.15, -0.1) is 20.8 Å². The van der Waals surface area contributed by atoms with Gasteiger partial charge in [-0.1, -0.05) is 63.4 Å². The highest BCUT2D eigenvalue weighted by molar-refractivity contribution is 9.10. The first-order valence-corrected chi connectivity index (χ1v) is 15.2. The van der Waals surface area contributed by atoms with Crippen molar-refractivity contribution in [3.63, 3.8) is 0 Å². The number of carbonyl (C=O) groups is 1. The molecule has 1 N–H and O–H groups in total. The van der Waals surface area contributed by atoms with Gasteiger partial charge >= 0.3 is 13.6 Å². The molecular formula is C25H18BrCl2F2N2O5PS. The SMILES string of the molecule is O=C(O)c1ccc(Cc2csc(N(Cc3ccc(CP(=O)(OF)OF)c(Br)c3)c3ccc(Cl)c(Cl)c3)n2)cc1. The molecule has 0 unspecified atom stereocenters. The maximum Gasteiger partial charge on any atom is 0.399 e. The smallest absolute Gasteiger partial charge is 0.399 e. The van der Waals surface area contributed by atoms with Crippen molar-refractivity contribution in [3.8, 4) is 0 Å². The number of halogens is 5. The molecule has 0 atom stereocenters. The molecule has 1 heterocycles. The molecule has 0 saturated heterocycles. The highest BCUT2D eigenvalue weighted by Crippen LogP contribution is 2.53. The molecule has 204 valence electrons. The molecule has 0 bridgehead atoms. The molecule has 4 aromatic rings. The normalized spacial score (nSPS) is 11.5. The number of hydrogen-bond acceptors (Lipinski definition) is 7. The van der Waals surface area contributed by atoms with E-state index >= 15 is 0 Å². The van der Waals surface area contributed by atoms with E-state index in [0.717, 1.165) is 22.5 Å². The van der Waals surface area contributed by atoms with Gasteiger partial charge < -0.3 is 10.0 Å². The van der Waals surface area contributed by atoms with Gasteiger partial charge in [0, 0.05) is 22.0 Å². The van der Waals surface area contributed by atoms with Crippen LogP contribution in [0.1, 0.15) is 32.7 Å². The van der Waals surface area contributed by atoms with Crippen molar-refractivity contribution in [2.75, 3.05) is 4.90 Å². The summed E-state index contributed by atoms with van der Waals surface area (Å²) in [5.74, 6) is -0.991. The molecule has 0 spiro atoms. The number of carboxylic acid groups (broad SMARTS) is 1. The Morgan fingerprint density at radius 1 is 1.03 bits per heavy atom. The van der Waals surface area contributed by atoms with E-state index < -0.39 is 19.7 Å². The quantitative estimate of drug-likeness (QED) is 0.158. The summed E-state index contributed by atoms with van der Waals surface area (Å²) in [5.41, 5.74) is 3.73. The van der Waals surface area contributed by atoms with Crippen LogP contribution in [-0.2, 0) is 33.1 Å². The fraction of sp³-hybridized carbons (Fsp3) is 0.120. The first-order valence-electron chi connectivity index (χ1n) is 11.1. The Kier molecular flexibility index (Phi) is 9.77. The average Bonchev–Trinajstić information content (AvgIpc) is 3.38. The van der Waals surface area contributed by atoms with Crippen LogP contribution in [0.15, 0.2) is 70.5 Å². The van der Waals surface area contributed by atoms with Gasteiger partial charge in [-0.3, -0.25) is 4.57 Å². The van der Waals surface area contributed by atoms with Gasteiger partial charge in [0.1, 0.15) is 0 Å². The van der Waals surface area contributed by atoms with Crippen LogP contribution in [-0.4, -0.2) is 16.1 Å². The Morgan fingerprint density at radius 3 is 2.33 bits per heavy atom. The average molecular weight is 678 g/mol. The summed E-state index contributed by atoms with van der Waals surface area (Å²) in [5, 5.41) is 12.4. The third-order valence-electron chi connectivity index (χ3n) is 5.60. The summed E-state index contributed by atoms with van der Waals surface area (Å²) in [6.07, 6.45) is -0.111. The lowest BCUT2D eigenvalue weighted by Gasteiger charge is -2.23. The maximum atomic E-state index is 12.5. The highest BCUT2D eigenvalue weighted by Gasteiger charge is 2.29. The minimum atomic E-state index is -4.55. The first kappa shape index (κ1) is 29.6. The number of benzene rings is 3. The van der Waals surface area contributed by atoms with Gasteiger partial charge in [0.25, 0.3) is 0 Å². The van der Waals surface area contributed by atoms with E-state index in [4.69, 9.17) is 33.3 Å². The van der Waals surface area contributed by atoms with Crippen molar-refractivity contribution >= 4 is 74.9 Å². The van der Waals surface area contributed by atoms with Crippen LogP contribution in [0, 0.1) is 0 Å². The Bertz CT molecular complexity index is 1540. The summed E-state index contributed by atoms with van der Waals surface area (Å²) < 4.78 is 43.8. The lowest BCUT2D eigenvalue weighted by atomic mass is 10.1. The number of aromatic nitrogens is 1. The van der Waals surface area contributed by atoms with E-state index in [-0.39, 0.29) is 5.56 Å². The van der Waals surface area contributed by atoms with Crippen molar-refractivity contribution in [2.24, 2.45) is 0 Å². The number of rotatable bonds is 11. The molecule has 0 aliphatic rings. The predicted molar refractivity (Wildman–Crippen MR) is 150 cm³/mol. The summed E-state index contributed by atoms with van der Waals surface area (Å²) in [6.45, 7) is 0.327. The number of anilines is 2. The molecule has 39 heavy (non-hydrogen) atoms. The Balaban J connectivity index is 1.62. The zero-order valence-corrected chi connectivity index (χ0v) is 24.5.